The second kappa shape index (κ2) is 20.9. The standard InChI is InChI=1S/C27H56NO5P/c1-6-7-8-9-10-11-12-13-14-15-16-17-18-19-21-27(24-26(2)29)25-33-34(30,31)32-23-20-22-28(3,4)5/h27H,6-25H2,1-5H3. The minimum atomic E-state index is -4.31. The summed E-state index contributed by atoms with van der Waals surface area (Å²) in [6.07, 6.45) is 20.1. The number of rotatable bonds is 25. The Morgan fingerprint density at radius 2 is 1.26 bits per heavy atom. The quantitative estimate of drug-likeness (QED) is 0.0755. The largest absolute Gasteiger partial charge is 0.756 e. The zero-order valence-electron chi connectivity index (χ0n) is 23.2. The van der Waals surface area contributed by atoms with E-state index >= 15 is 0 Å². The molecule has 7 heteroatoms. The van der Waals surface area contributed by atoms with Crippen LogP contribution in [0, 0.1) is 5.92 Å². The van der Waals surface area contributed by atoms with E-state index in [0.29, 0.717) is 12.8 Å². The van der Waals surface area contributed by atoms with Gasteiger partial charge in [0.15, 0.2) is 0 Å². The van der Waals surface area contributed by atoms with E-state index in [0.717, 1.165) is 30.3 Å². The van der Waals surface area contributed by atoms with Crippen LogP contribution in [0.3, 0.4) is 0 Å². The molecule has 0 saturated heterocycles. The summed E-state index contributed by atoms with van der Waals surface area (Å²) in [7, 11) is 1.84. The van der Waals surface area contributed by atoms with Crippen molar-refractivity contribution in [1.82, 2.24) is 0 Å². The molecule has 0 aliphatic rings. The first kappa shape index (κ1) is 33.7. The molecule has 0 saturated carbocycles. The van der Waals surface area contributed by atoms with Gasteiger partial charge in [-0.2, -0.15) is 0 Å². The fourth-order valence-electron chi connectivity index (χ4n) is 4.23. The van der Waals surface area contributed by atoms with Crippen molar-refractivity contribution in [3.63, 3.8) is 0 Å². The molecule has 0 heterocycles. The molecule has 0 aliphatic carbocycles. The number of hydrogen-bond donors (Lipinski definition) is 0. The Kier molecular flexibility index (Phi) is 20.7. The third-order valence-electron chi connectivity index (χ3n) is 6.23. The van der Waals surface area contributed by atoms with Crippen molar-refractivity contribution in [2.45, 2.75) is 123 Å². The number of carbonyl (C=O) groups is 1. The first-order chi connectivity index (χ1) is 16.1. The summed E-state index contributed by atoms with van der Waals surface area (Å²) in [5.41, 5.74) is 0. The number of nitrogens with zero attached hydrogens (tertiary/aromatic N) is 1. The summed E-state index contributed by atoms with van der Waals surface area (Å²) in [5, 5.41) is 0. The average Bonchev–Trinajstić information content (AvgIpc) is 2.74. The van der Waals surface area contributed by atoms with E-state index in [1.807, 2.05) is 0 Å². The number of phosphoric acid groups is 1. The Balaban J connectivity index is 3.86. The molecule has 0 rings (SSSR count). The summed E-state index contributed by atoms with van der Waals surface area (Å²) in [4.78, 5) is 23.6. The van der Waals surface area contributed by atoms with Gasteiger partial charge in [0.1, 0.15) is 5.78 Å². The van der Waals surface area contributed by atoms with Crippen molar-refractivity contribution in [1.29, 1.82) is 0 Å². The number of unbranched alkanes of at least 4 members (excludes halogenated alkanes) is 13. The third-order valence-corrected chi connectivity index (χ3v) is 7.20. The number of Topliss-reactive ketones (excluding diaryl/α,β-unsaturated/α-hetero) is 1. The zero-order chi connectivity index (χ0) is 25.7. The lowest BCUT2D eigenvalue weighted by Crippen LogP contribution is -2.35. The minimum absolute atomic E-state index is 0.0358. The van der Waals surface area contributed by atoms with Crippen LogP contribution in [0.5, 0.6) is 0 Å². The molecule has 2 unspecified atom stereocenters. The number of quaternary nitrogens is 1. The molecule has 34 heavy (non-hydrogen) atoms. The summed E-state index contributed by atoms with van der Waals surface area (Å²) in [5.74, 6) is 0.00972. The van der Waals surface area contributed by atoms with Crippen molar-refractivity contribution in [2.24, 2.45) is 5.92 Å². The van der Waals surface area contributed by atoms with Gasteiger partial charge >= 0.3 is 0 Å². The molecule has 0 fully saturated rings. The molecule has 0 N–H and O–H groups in total. The molecule has 0 bridgehead atoms. The Hall–Kier alpha value is -0.260. The lowest BCUT2D eigenvalue weighted by molar-refractivity contribution is -0.870. The second-order valence-electron chi connectivity index (χ2n) is 11.1. The van der Waals surface area contributed by atoms with Gasteiger partial charge in [0, 0.05) is 12.8 Å². The van der Waals surface area contributed by atoms with E-state index in [1.165, 1.54) is 77.0 Å². The van der Waals surface area contributed by atoms with Gasteiger partial charge < -0.3 is 23.2 Å². The van der Waals surface area contributed by atoms with Gasteiger partial charge in [0.05, 0.1) is 40.9 Å². The Morgan fingerprint density at radius 1 is 0.794 bits per heavy atom. The summed E-state index contributed by atoms with van der Waals surface area (Å²) in [6, 6.07) is 0. The van der Waals surface area contributed by atoms with Crippen LogP contribution in [0.4, 0.5) is 0 Å². The molecule has 204 valence electrons. The van der Waals surface area contributed by atoms with Crippen LogP contribution >= 0.6 is 7.82 Å². The molecular formula is C27H56NO5P. The van der Waals surface area contributed by atoms with E-state index in [4.69, 9.17) is 9.05 Å². The van der Waals surface area contributed by atoms with Crippen LogP contribution in [0.2, 0.25) is 0 Å². The fraction of sp³-hybridized carbons (Fsp3) is 0.963. The van der Waals surface area contributed by atoms with Crippen molar-refractivity contribution in [3.05, 3.63) is 0 Å². The topological polar surface area (TPSA) is 75.7 Å². The number of phosphoric ester groups is 1. The van der Waals surface area contributed by atoms with Gasteiger partial charge in [0.25, 0.3) is 7.82 Å². The fourth-order valence-corrected chi connectivity index (χ4v) is 5.05. The van der Waals surface area contributed by atoms with Crippen molar-refractivity contribution in [3.8, 4) is 0 Å². The van der Waals surface area contributed by atoms with Crippen LogP contribution in [-0.2, 0) is 18.4 Å². The van der Waals surface area contributed by atoms with E-state index in [9.17, 15) is 14.3 Å². The zero-order valence-corrected chi connectivity index (χ0v) is 24.0. The number of carbonyl (C=O) groups excluding carboxylic acids is 1. The predicted molar refractivity (Wildman–Crippen MR) is 141 cm³/mol. The Labute approximate surface area is 211 Å². The molecule has 0 aromatic carbocycles. The van der Waals surface area contributed by atoms with Crippen LogP contribution in [0.25, 0.3) is 0 Å². The molecular weight excluding hydrogens is 449 g/mol. The maximum atomic E-state index is 12.0. The number of hydrogen-bond acceptors (Lipinski definition) is 5. The van der Waals surface area contributed by atoms with Gasteiger partial charge in [-0.25, -0.2) is 0 Å². The van der Waals surface area contributed by atoms with Gasteiger partial charge in [-0.1, -0.05) is 96.8 Å². The maximum absolute atomic E-state index is 12.0. The molecule has 0 amide bonds. The molecule has 0 aliphatic heterocycles. The minimum Gasteiger partial charge on any atom is -0.756 e. The third kappa shape index (κ3) is 24.9. The molecule has 0 radical (unpaired) electrons. The monoisotopic (exact) mass is 505 g/mol. The van der Waals surface area contributed by atoms with Gasteiger partial charge in [0.2, 0.25) is 0 Å². The predicted octanol–water partition coefficient (Wildman–Crippen LogP) is 7.05. The van der Waals surface area contributed by atoms with E-state index in [2.05, 4.69) is 28.1 Å². The van der Waals surface area contributed by atoms with Gasteiger partial charge in [-0.05, 0) is 19.3 Å². The average molecular weight is 506 g/mol. The first-order valence-corrected chi connectivity index (χ1v) is 15.4. The van der Waals surface area contributed by atoms with Crippen molar-refractivity contribution < 1.29 is 27.8 Å². The molecule has 0 spiro atoms. The first-order valence-electron chi connectivity index (χ1n) is 14.0. The summed E-state index contributed by atoms with van der Waals surface area (Å²) < 4.78 is 22.9. The van der Waals surface area contributed by atoms with Crippen LogP contribution in [-0.4, -0.2) is 51.2 Å². The van der Waals surface area contributed by atoms with E-state index in [1.54, 1.807) is 6.92 Å². The highest BCUT2D eigenvalue weighted by Crippen LogP contribution is 2.39. The second-order valence-corrected chi connectivity index (χ2v) is 12.5. The smallest absolute Gasteiger partial charge is 0.267 e. The van der Waals surface area contributed by atoms with Crippen molar-refractivity contribution in [2.75, 3.05) is 40.9 Å². The SMILES string of the molecule is CCCCCCCCCCCCCCCCC(COP(=O)([O-])OCCC[N+](C)(C)C)CC(C)=O. The lowest BCUT2D eigenvalue weighted by atomic mass is 9.96. The molecule has 2 atom stereocenters. The molecule has 0 aromatic heterocycles. The van der Waals surface area contributed by atoms with Crippen LogP contribution < -0.4 is 4.89 Å². The highest BCUT2D eigenvalue weighted by molar-refractivity contribution is 7.45. The molecule has 0 aromatic rings. The van der Waals surface area contributed by atoms with Gasteiger partial charge in [-0.15, -0.1) is 0 Å². The van der Waals surface area contributed by atoms with Crippen LogP contribution in [0.1, 0.15) is 123 Å². The number of ketones is 1. The summed E-state index contributed by atoms with van der Waals surface area (Å²) >= 11 is 0. The van der Waals surface area contributed by atoms with Crippen LogP contribution in [0.15, 0.2) is 0 Å². The van der Waals surface area contributed by atoms with Crippen molar-refractivity contribution >= 4 is 13.6 Å². The maximum Gasteiger partial charge on any atom is 0.267 e. The molecule has 6 nitrogen and oxygen atoms in total. The highest BCUT2D eigenvalue weighted by atomic mass is 31.2. The van der Waals surface area contributed by atoms with E-state index in [-0.39, 0.29) is 24.9 Å². The Bertz CT molecular complexity index is 536. The Morgan fingerprint density at radius 3 is 1.71 bits per heavy atom. The normalized spacial score (nSPS) is 14.8. The highest BCUT2D eigenvalue weighted by Gasteiger charge is 2.17. The lowest BCUT2D eigenvalue weighted by Gasteiger charge is -2.27. The van der Waals surface area contributed by atoms with Gasteiger partial charge in [-0.3, -0.25) is 4.57 Å². The van der Waals surface area contributed by atoms with E-state index < -0.39 is 7.82 Å². The summed E-state index contributed by atoms with van der Waals surface area (Å²) in [6.45, 7) is 4.81.